The van der Waals surface area contributed by atoms with Crippen molar-refractivity contribution in [2.45, 2.75) is 19.9 Å². The minimum Gasteiger partial charge on any atom is -0.322 e. The highest BCUT2D eigenvalue weighted by molar-refractivity contribution is 7.92. The molecule has 26 heavy (non-hydrogen) atoms. The van der Waals surface area contributed by atoms with Crippen LogP contribution < -0.4 is 14.9 Å². The average molecular weight is 373 g/mol. The molecule has 1 amide bonds. The van der Waals surface area contributed by atoms with Crippen LogP contribution in [0.3, 0.4) is 0 Å². The molecule has 7 heteroatoms. The van der Waals surface area contributed by atoms with E-state index in [4.69, 9.17) is 0 Å². The van der Waals surface area contributed by atoms with Gasteiger partial charge >= 0.3 is 0 Å². The van der Waals surface area contributed by atoms with Crippen molar-refractivity contribution < 1.29 is 13.2 Å². The van der Waals surface area contributed by atoms with Crippen molar-refractivity contribution in [2.75, 3.05) is 29.0 Å². The molecule has 0 atom stereocenters. The molecule has 1 aliphatic heterocycles. The Kier molecular flexibility index (Phi) is 5.29. The quantitative estimate of drug-likeness (QED) is 0.815. The van der Waals surface area contributed by atoms with Crippen LogP contribution in [0, 0.1) is 0 Å². The molecule has 0 aromatic heterocycles. The second-order valence-electron chi connectivity index (χ2n) is 6.32. The van der Waals surface area contributed by atoms with Crippen molar-refractivity contribution in [3.63, 3.8) is 0 Å². The number of hydrogen-bond donors (Lipinski definition) is 2. The number of sulfonamides is 1. The van der Waals surface area contributed by atoms with Crippen LogP contribution in [-0.4, -0.2) is 33.7 Å². The predicted molar refractivity (Wildman–Crippen MR) is 104 cm³/mol. The number of rotatable bonds is 6. The van der Waals surface area contributed by atoms with Crippen LogP contribution in [0.4, 0.5) is 11.4 Å². The Balaban J connectivity index is 1.80. The molecule has 0 aliphatic carbocycles. The zero-order valence-electron chi connectivity index (χ0n) is 15.0. The third kappa shape index (κ3) is 3.89. The van der Waals surface area contributed by atoms with E-state index >= 15 is 0 Å². The Morgan fingerprint density at radius 1 is 1.19 bits per heavy atom. The monoisotopic (exact) mass is 373 g/mol. The highest BCUT2D eigenvalue weighted by atomic mass is 32.2. The molecule has 1 heterocycles. The first-order chi connectivity index (χ1) is 12.4. The maximum atomic E-state index is 12.7. The molecular formula is C19H23N3O3S. The summed E-state index contributed by atoms with van der Waals surface area (Å²) < 4.78 is 25.0. The van der Waals surface area contributed by atoms with Gasteiger partial charge in [-0.1, -0.05) is 25.1 Å². The largest absolute Gasteiger partial charge is 0.322 e. The van der Waals surface area contributed by atoms with Crippen LogP contribution in [0.15, 0.2) is 42.5 Å². The molecule has 1 aliphatic rings. The number of carbonyl (C=O) groups excluding carboxylic acids is 1. The molecule has 2 aromatic rings. The van der Waals surface area contributed by atoms with E-state index in [0.717, 1.165) is 23.4 Å². The van der Waals surface area contributed by atoms with Gasteiger partial charge in [0.2, 0.25) is 10.0 Å². The van der Waals surface area contributed by atoms with Gasteiger partial charge in [-0.25, -0.2) is 8.42 Å². The first-order valence-electron chi connectivity index (χ1n) is 8.60. The van der Waals surface area contributed by atoms with Crippen molar-refractivity contribution in [3.05, 3.63) is 59.2 Å². The zero-order valence-corrected chi connectivity index (χ0v) is 15.8. The summed E-state index contributed by atoms with van der Waals surface area (Å²) in [4.78, 5) is 12.7. The third-order valence-electron chi connectivity index (χ3n) is 4.43. The summed E-state index contributed by atoms with van der Waals surface area (Å²) in [7, 11) is -3.29. The number of fused-ring (bicyclic) bond motifs is 1. The van der Waals surface area contributed by atoms with Crippen LogP contribution in [0.5, 0.6) is 0 Å². The Labute approximate surface area is 154 Å². The van der Waals surface area contributed by atoms with Gasteiger partial charge in [-0.3, -0.25) is 9.10 Å². The molecule has 0 saturated carbocycles. The molecular weight excluding hydrogens is 350 g/mol. The van der Waals surface area contributed by atoms with E-state index in [1.165, 1.54) is 10.6 Å². The number of para-hydroxylation sites is 1. The lowest BCUT2D eigenvalue weighted by atomic mass is 10.1. The number of anilines is 2. The Morgan fingerprint density at radius 3 is 2.69 bits per heavy atom. The van der Waals surface area contributed by atoms with Crippen LogP contribution in [0.2, 0.25) is 0 Å². The van der Waals surface area contributed by atoms with Gasteiger partial charge in [-0.05, 0) is 48.4 Å². The molecule has 138 valence electrons. The first kappa shape index (κ1) is 18.4. The summed E-state index contributed by atoms with van der Waals surface area (Å²) >= 11 is 0. The average Bonchev–Trinajstić information content (AvgIpc) is 3.04. The SMILES string of the molecule is CCNCc1ccccc1NC(=O)c1ccc2c(c1)CCN2S(C)(=O)=O. The molecule has 2 N–H and O–H groups in total. The Hall–Kier alpha value is -2.38. The van der Waals surface area contributed by atoms with Gasteiger partial charge < -0.3 is 10.6 Å². The van der Waals surface area contributed by atoms with Crippen molar-refractivity contribution in [1.82, 2.24) is 5.32 Å². The summed E-state index contributed by atoms with van der Waals surface area (Å²) in [6, 6.07) is 12.8. The standard InChI is InChI=1S/C19H23N3O3S/c1-3-20-13-16-6-4-5-7-17(16)21-19(23)15-8-9-18-14(12-15)10-11-22(18)26(2,24)25/h4-9,12,20H,3,10-11,13H2,1-2H3,(H,21,23). The predicted octanol–water partition coefficient (Wildman–Crippen LogP) is 2.37. The van der Waals surface area contributed by atoms with Crippen molar-refractivity contribution in [1.29, 1.82) is 0 Å². The van der Waals surface area contributed by atoms with E-state index in [9.17, 15) is 13.2 Å². The summed E-state index contributed by atoms with van der Waals surface area (Å²) in [5.41, 5.74) is 3.86. The Bertz CT molecular complexity index is 925. The van der Waals surface area contributed by atoms with E-state index in [1.807, 2.05) is 31.2 Å². The molecule has 0 fully saturated rings. The summed E-state index contributed by atoms with van der Waals surface area (Å²) in [6.07, 6.45) is 1.81. The van der Waals surface area contributed by atoms with Gasteiger partial charge in [0, 0.05) is 24.3 Å². The first-order valence-corrected chi connectivity index (χ1v) is 10.5. The van der Waals surface area contributed by atoms with Gasteiger partial charge in [-0.15, -0.1) is 0 Å². The van der Waals surface area contributed by atoms with Crippen LogP contribution in [0.1, 0.15) is 28.4 Å². The molecule has 6 nitrogen and oxygen atoms in total. The molecule has 3 rings (SSSR count). The second-order valence-corrected chi connectivity index (χ2v) is 8.23. The minimum atomic E-state index is -3.29. The van der Waals surface area contributed by atoms with E-state index in [2.05, 4.69) is 10.6 Å². The highest BCUT2D eigenvalue weighted by Gasteiger charge is 2.26. The minimum absolute atomic E-state index is 0.199. The highest BCUT2D eigenvalue weighted by Crippen LogP contribution is 2.31. The van der Waals surface area contributed by atoms with E-state index < -0.39 is 10.0 Å². The van der Waals surface area contributed by atoms with Gasteiger partial charge in [0.25, 0.3) is 5.91 Å². The molecule has 0 bridgehead atoms. The summed E-state index contributed by atoms with van der Waals surface area (Å²) in [6.45, 7) is 3.99. The maximum absolute atomic E-state index is 12.7. The van der Waals surface area contributed by atoms with Gasteiger partial charge in [0.15, 0.2) is 0 Å². The molecule has 0 radical (unpaired) electrons. The summed E-state index contributed by atoms with van der Waals surface area (Å²) in [5, 5.41) is 6.21. The third-order valence-corrected chi connectivity index (χ3v) is 5.61. The Morgan fingerprint density at radius 2 is 1.96 bits per heavy atom. The smallest absolute Gasteiger partial charge is 0.255 e. The molecule has 0 unspecified atom stereocenters. The van der Waals surface area contributed by atoms with Crippen molar-refractivity contribution in [3.8, 4) is 0 Å². The number of nitrogens with zero attached hydrogens (tertiary/aromatic N) is 1. The summed E-state index contributed by atoms with van der Waals surface area (Å²) in [5.74, 6) is -0.199. The van der Waals surface area contributed by atoms with Gasteiger partial charge in [-0.2, -0.15) is 0 Å². The van der Waals surface area contributed by atoms with Crippen LogP contribution in [0.25, 0.3) is 0 Å². The fourth-order valence-electron chi connectivity index (χ4n) is 3.11. The molecule has 0 spiro atoms. The van der Waals surface area contributed by atoms with Gasteiger partial charge in [0.1, 0.15) is 0 Å². The fourth-order valence-corrected chi connectivity index (χ4v) is 4.07. The lowest BCUT2D eigenvalue weighted by Crippen LogP contribution is -2.27. The topological polar surface area (TPSA) is 78.5 Å². The van der Waals surface area contributed by atoms with Crippen molar-refractivity contribution >= 4 is 27.3 Å². The van der Waals surface area contributed by atoms with Crippen LogP contribution in [-0.2, 0) is 23.0 Å². The normalized spacial score (nSPS) is 13.5. The van der Waals surface area contributed by atoms with Crippen LogP contribution >= 0.6 is 0 Å². The number of nitrogens with one attached hydrogen (secondary N) is 2. The second kappa shape index (κ2) is 7.47. The number of hydrogen-bond acceptors (Lipinski definition) is 4. The molecule has 0 saturated heterocycles. The number of benzene rings is 2. The van der Waals surface area contributed by atoms with Gasteiger partial charge in [0.05, 0.1) is 11.9 Å². The number of amides is 1. The van der Waals surface area contributed by atoms with E-state index in [0.29, 0.717) is 30.8 Å². The van der Waals surface area contributed by atoms with E-state index in [-0.39, 0.29) is 5.91 Å². The maximum Gasteiger partial charge on any atom is 0.255 e. The van der Waals surface area contributed by atoms with E-state index in [1.54, 1.807) is 18.2 Å². The lowest BCUT2D eigenvalue weighted by Gasteiger charge is -2.16. The fraction of sp³-hybridized carbons (Fsp3) is 0.316. The zero-order chi connectivity index (χ0) is 18.7. The van der Waals surface area contributed by atoms with Crippen molar-refractivity contribution in [2.24, 2.45) is 0 Å². The lowest BCUT2D eigenvalue weighted by molar-refractivity contribution is 0.102. The molecule has 2 aromatic carbocycles. The number of carbonyl (C=O) groups is 1.